The van der Waals surface area contributed by atoms with Crippen LogP contribution in [0.3, 0.4) is 0 Å². The Balaban J connectivity index is 2.14. The number of hydrogen-bond donors (Lipinski definition) is 1. The molecule has 0 spiro atoms. The van der Waals surface area contributed by atoms with Gasteiger partial charge in [0.15, 0.2) is 0 Å². The van der Waals surface area contributed by atoms with E-state index < -0.39 is 0 Å². The van der Waals surface area contributed by atoms with Crippen LogP contribution in [0.5, 0.6) is 0 Å². The third-order valence-corrected chi connectivity index (χ3v) is 3.11. The van der Waals surface area contributed by atoms with E-state index in [4.69, 9.17) is 5.73 Å². The SMILES string of the molecule is CC(C)(C)c1csc(Cn2ccc(N)n2)n1. The minimum Gasteiger partial charge on any atom is -0.382 e. The molecule has 0 bridgehead atoms. The van der Waals surface area contributed by atoms with Gasteiger partial charge in [0, 0.05) is 17.0 Å². The first-order valence-corrected chi connectivity index (χ1v) is 6.07. The Morgan fingerprint density at radius 2 is 2.19 bits per heavy atom. The summed E-state index contributed by atoms with van der Waals surface area (Å²) in [6.07, 6.45) is 1.87. The third kappa shape index (κ3) is 2.41. The van der Waals surface area contributed by atoms with Crippen LogP contribution in [0.25, 0.3) is 0 Å². The molecule has 0 unspecified atom stereocenters. The number of rotatable bonds is 2. The van der Waals surface area contributed by atoms with E-state index in [-0.39, 0.29) is 5.41 Å². The van der Waals surface area contributed by atoms with Crippen LogP contribution >= 0.6 is 11.3 Å². The predicted molar refractivity (Wildman–Crippen MR) is 66.6 cm³/mol. The van der Waals surface area contributed by atoms with Crippen LogP contribution in [-0.2, 0) is 12.0 Å². The lowest BCUT2D eigenvalue weighted by Crippen LogP contribution is -2.12. The van der Waals surface area contributed by atoms with Crippen molar-refractivity contribution in [2.75, 3.05) is 5.73 Å². The molecule has 0 fully saturated rings. The van der Waals surface area contributed by atoms with Crippen LogP contribution in [0.15, 0.2) is 17.6 Å². The van der Waals surface area contributed by atoms with Gasteiger partial charge in [0.25, 0.3) is 0 Å². The smallest absolute Gasteiger partial charge is 0.145 e. The lowest BCUT2D eigenvalue weighted by molar-refractivity contribution is 0.568. The molecule has 2 aromatic rings. The molecule has 2 heterocycles. The topological polar surface area (TPSA) is 56.7 Å². The highest BCUT2D eigenvalue weighted by molar-refractivity contribution is 7.09. The fraction of sp³-hybridized carbons (Fsp3) is 0.455. The number of anilines is 1. The molecule has 0 aliphatic carbocycles. The molecule has 2 N–H and O–H groups in total. The van der Waals surface area contributed by atoms with Gasteiger partial charge in [-0.1, -0.05) is 20.8 Å². The molecule has 16 heavy (non-hydrogen) atoms. The molecule has 5 heteroatoms. The first-order valence-electron chi connectivity index (χ1n) is 5.19. The van der Waals surface area contributed by atoms with Crippen molar-refractivity contribution in [2.24, 2.45) is 0 Å². The summed E-state index contributed by atoms with van der Waals surface area (Å²) in [7, 11) is 0. The highest BCUT2D eigenvalue weighted by Gasteiger charge is 2.17. The van der Waals surface area contributed by atoms with Gasteiger partial charge in [-0.25, -0.2) is 4.98 Å². The molecule has 0 amide bonds. The molecular formula is C11H16N4S. The van der Waals surface area contributed by atoms with E-state index in [2.05, 4.69) is 36.2 Å². The molecule has 0 aliphatic heterocycles. The molecule has 2 rings (SSSR count). The van der Waals surface area contributed by atoms with E-state index >= 15 is 0 Å². The highest BCUT2D eigenvalue weighted by Crippen LogP contribution is 2.24. The van der Waals surface area contributed by atoms with E-state index in [1.54, 1.807) is 22.1 Å². The van der Waals surface area contributed by atoms with E-state index in [0.29, 0.717) is 12.4 Å². The number of nitrogen functional groups attached to an aromatic ring is 1. The molecule has 0 saturated heterocycles. The summed E-state index contributed by atoms with van der Waals surface area (Å²) in [5.41, 5.74) is 6.80. The van der Waals surface area contributed by atoms with Crippen molar-refractivity contribution < 1.29 is 0 Å². The zero-order valence-corrected chi connectivity index (χ0v) is 10.6. The minimum absolute atomic E-state index is 0.109. The van der Waals surface area contributed by atoms with Crippen molar-refractivity contribution in [3.8, 4) is 0 Å². The molecule has 0 atom stereocenters. The van der Waals surface area contributed by atoms with E-state index in [9.17, 15) is 0 Å². The second-order valence-electron chi connectivity index (χ2n) is 4.81. The van der Waals surface area contributed by atoms with Crippen LogP contribution < -0.4 is 5.73 Å². The van der Waals surface area contributed by atoms with Gasteiger partial charge in [-0.15, -0.1) is 11.3 Å². The van der Waals surface area contributed by atoms with Gasteiger partial charge in [0.2, 0.25) is 0 Å². The van der Waals surface area contributed by atoms with Crippen LogP contribution in [0.1, 0.15) is 31.5 Å². The minimum atomic E-state index is 0.109. The number of hydrogen-bond acceptors (Lipinski definition) is 4. The van der Waals surface area contributed by atoms with Gasteiger partial charge in [-0.3, -0.25) is 4.68 Å². The van der Waals surface area contributed by atoms with Gasteiger partial charge < -0.3 is 5.73 Å². The summed E-state index contributed by atoms with van der Waals surface area (Å²) in [4.78, 5) is 4.60. The average molecular weight is 236 g/mol. The van der Waals surface area contributed by atoms with E-state index in [1.165, 1.54) is 0 Å². The average Bonchev–Trinajstić information content (AvgIpc) is 2.74. The van der Waals surface area contributed by atoms with Gasteiger partial charge in [0.05, 0.1) is 12.2 Å². The van der Waals surface area contributed by atoms with Crippen molar-refractivity contribution >= 4 is 17.2 Å². The maximum Gasteiger partial charge on any atom is 0.145 e. The fourth-order valence-corrected chi connectivity index (χ4v) is 2.34. The normalized spacial score (nSPS) is 11.9. The maximum atomic E-state index is 5.56. The number of nitrogens with zero attached hydrogens (tertiary/aromatic N) is 3. The van der Waals surface area contributed by atoms with Gasteiger partial charge in [-0.05, 0) is 6.07 Å². The standard InChI is InChI=1S/C11H16N4S/c1-11(2,3)8-7-16-10(13-8)6-15-5-4-9(12)14-15/h4-5,7H,6H2,1-3H3,(H2,12,14). The Hall–Kier alpha value is -1.36. The lowest BCUT2D eigenvalue weighted by atomic mass is 9.93. The zero-order valence-electron chi connectivity index (χ0n) is 9.77. The summed E-state index contributed by atoms with van der Waals surface area (Å²) in [6.45, 7) is 7.19. The van der Waals surface area contributed by atoms with Crippen molar-refractivity contribution in [1.29, 1.82) is 0 Å². The Morgan fingerprint density at radius 1 is 1.44 bits per heavy atom. The van der Waals surface area contributed by atoms with Crippen molar-refractivity contribution in [2.45, 2.75) is 32.7 Å². The van der Waals surface area contributed by atoms with Gasteiger partial charge in [0.1, 0.15) is 10.8 Å². The molecule has 0 aromatic carbocycles. The van der Waals surface area contributed by atoms with E-state index in [1.807, 2.05) is 6.20 Å². The fourth-order valence-electron chi connectivity index (χ4n) is 1.33. The van der Waals surface area contributed by atoms with Crippen LogP contribution in [0, 0.1) is 0 Å². The molecule has 2 aromatic heterocycles. The Morgan fingerprint density at radius 3 is 2.69 bits per heavy atom. The quantitative estimate of drug-likeness (QED) is 0.870. The van der Waals surface area contributed by atoms with Crippen molar-refractivity contribution in [3.63, 3.8) is 0 Å². The molecular weight excluding hydrogens is 220 g/mol. The predicted octanol–water partition coefficient (Wildman–Crippen LogP) is 2.27. The third-order valence-electron chi connectivity index (χ3n) is 2.28. The van der Waals surface area contributed by atoms with Gasteiger partial charge in [-0.2, -0.15) is 5.10 Å². The molecule has 86 valence electrons. The molecule has 4 nitrogen and oxygen atoms in total. The Bertz CT molecular complexity index is 478. The molecule has 0 aliphatic rings. The molecule has 0 radical (unpaired) electrons. The van der Waals surface area contributed by atoms with Crippen LogP contribution in [0.2, 0.25) is 0 Å². The monoisotopic (exact) mass is 236 g/mol. The summed E-state index contributed by atoms with van der Waals surface area (Å²) in [6, 6.07) is 1.79. The van der Waals surface area contributed by atoms with Crippen LogP contribution in [-0.4, -0.2) is 14.8 Å². The Labute approximate surface area is 99.1 Å². The molecule has 0 saturated carbocycles. The largest absolute Gasteiger partial charge is 0.382 e. The summed E-state index contributed by atoms with van der Waals surface area (Å²) >= 11 is 1.67. The second kappa shape index (κ2) is 3.90. The first-order chi connectivity index (χ1) is 7.45. The summed E-state index contributed by atoms with van der Waals surface area (Å²) in [5.74, 6) is 0.549. The number of aromatic nitrogens is 3. The highest BCUT2D eigenvalue weighted by atomic mass is 32.1. The zero-order chi connectivity index (χ0) is 11.8. The van der Waals surface area contributed by atoms with Crippen molar-refractivity contribution in [3.05, 3.63) is 28.3 Å². The number of nitrogens with two attached hydrogens (primary N) is 1. The number of thiazole rings is 1. The summed E-state index contributed by atoms with van der Waals surface area (Å²) in [5, 5.41) is 7.31. The second-order valence-corrected chi connectivity index (χ2v) is 5.76. The Kier molecular flexibility index (Phi) is 2.71. The lowest BCUT2D eigenvalue weighted by Gasteiger charge is -2.14. The van der Waals surface area contributed by atoms with Gasteiger partial charge >= 0.3 is 0 Å². The maximum absolute atomic E-state index is 5.56. The first kappa shape index (κ1) is 11.1. The van der Waals surface area contributed by atoms with Crippen LogP contribution in [0.4, 0.5) is 5.82 Å². The summed E-state index contributed by atoms with van der Waals surface area (Å²) < 4.78 is 1.81. The van der Waals surface area contributed by atoms with E-state index in [0.717, 1.165) is 10.7 Å². The van der Waals surface area contributed by atoms with Crippen molar-refractivity contribution in [1.82, 2.24) is 14.8 Å².